The molecule has 1 saturated carbocycles. The maximum atomic E-state index is 12.5. The van der Waals surface area contributed by atoms with Gasteiger partial charge in [-0.3, -0.25) is 0 Å². The summed E-state index contributed by atoms with van der Waals surface area (Å²) in [6.45, 7) is 0.982. The van der Waals surface area contributed by atoms with Crippen molar-refractivity contribution in [3.05, 3.63) is 52.5 Å². The molecule has 2 aromatic carbocycles. The highest BCUT2D eigenvalue weighted by Crippen LogP contribution is 2.47. The van der Waals surface area contributed by atoms with E-state index in [2.05, 4.69) is 44.0 Å². The molecule has 8 nitrogen and oxygen atoms in total. The van der Waals surface area contributed by atoms with Crippen molar-refractivity contribution in [1.29, 1.82) is 0 Å². The standard InChI is InChI=1S/C23H28BrN3O3.C2HF3O2/c1-29-19-7-6-15(12-20(19)30-2)23-9-8-18(14-21(23)25-11-10-23)27-22(28)26-17-5-3-4-16(24)13-17;3-2(4,5)1(6)7/h3-7,12-13,18,21,25H,8-11,14H2,1-2H3,(H2,26,27,28);(H,6,7)/t18-,21+,23+;/m0./s1. The number of methoxy groups -OCH3 is 2. The minimum Gasteiger partial charge on any atom is -0.493 e. The number of amides is 2. The van der Waals surface area contributed by atoms with E-state index in [1.54, 1.807) is 14.2 Å². The fourth-order valence-corrected chi connectivity index (χ4v) is 5.37. The summed E-state index contributed by atoms with van der Waals surface area (Å²) < 4.78 is 43.6. The maximum Gasteiger partial charge on any atom is 0.490 e. The minimum atomic E-state index is -5.08. The zero-order valence-corrected chi connectivity index (χ0v) is 21.9. The van der Waals surface area contributed by atoms with Crippen molar-refractivity contribution in [2.75, 3.05) is 26.1 Å². The van der Waals surface area contributed by atoms with Crippen LogP contribution in [0.2, 0.25) is 0 Å². The second-order valence-corrected chi connectivity index (χ2v) is 9.78. The first kappa shape index (κ1) is 28.6. The van der Waals surface area contributed by atoms with E-state index >= 15 is 0 Å². The van der Waals surface area contributed by atoms with E-state index in [4.69, 9.17) is 19.4 Å². The highest BCUT2D eigenvalue weighted by atomic mass is 79.9. The smallest absolute Gasteiger partial charge is 0.490 e. The number of fused-ring (bicyclic) bond motifs is 1. The molecule has 4 rings (SSSR count). The van der Waals surface area contributed by atoms with E-state index < -0.39 is 12.1 Å². The molecule has 4 N–H and O–H groups in total. The lowest BCUT2D eigenvalue weighted by Gasteiger charge is -2.43. The third-order valence-electron chi connectivity index (χ3n) is 6.71. The largest absolute Gasteiger partial charge is 0.493 e. The summed E-state index contributed by atoms with van der Waals surface area (Å²) >= 11 is 3.43. The Morgan fingerprint density at radius 3 is 2.43 bits per heavy atom. The molecule has 1 saturated heterocycles. The molecule has 0 spiro atoms. The van der Waals surface area contributed by atoms with Gasteiger partial charge < -0.3 is 30.5 Å². The van der Waals surface area contributed by atoms with Crippen LogP contribution in [0.5, 0.6) is 11.5 Å². The molecule has 2 fully saturated rings. The number of halogens is 4. The van der Waals surface area contributed by atoms with Crippen LogP contribution in [0.25, 0.3) is 0 Å². The number of carboxylic acids is 1. The number of carboxylic acid groups (broad SMARTS) is 1. The predicted molar refractivity (Wildman–Crippen MR) is 135 cm³/mol. The molecule has 202 valence electrons. The second kappa shape index (κ2) is 12.0. The van der Waals surface area contributed by atoms with Gasteiger partial charge in [-0.15, -0.1) is 0 Å². The number of urea groups is 1. The molecule has 2 amide bonds. The first-order valence-corrected chi connectivity index (χ1v) is 12.4. The second-order valence-electron chi connectivity index (χ2n) is 8.87. The number of ether oxygens (including phenoxy) is 2. The molecule has 0 unspecified atom stereocenters. The van der Waals surface area contributed by atoms with E-state index in [0.29, 0.717) is 6.04 Å². The first-order chi connectivity index (χ1) is 17.5. The summed E-state index contributed by atoms with van der Waals surface area (Å²) in [5.74, 6) is -1.24. The molecule has 3 atom stereocenters. The van der Waals surface area contributed by atoms with Crippen molar-refractivity contribution in [3.8, 4) is 11.5 Å². The molecule has 2 aromatic rings. The van der Waals surface area contributed by atoms with Gasteiger partial charge in [-0.1, -0.05) is 28.1 Å². The van der Waals surface area contributed by atoms with Crippen LogP contribution in [-0.4, -0.2) is 56.1 Å². The Bertz CT molecular complexity index is 1120. The van der Waals surface area contributed by atoms with E-state index in [-0.39, 0.29) is 17.5 Å². The molecule has 12 heteroatoms. The molecule has 1 aliphatic carbocycles. The Kier molecular flexibility index (Phi) is 9.30. The van der Waals surface area contributed by atoms with Crippen molar-refractivity contribution in [2.45, 2.75) is 49.4 Å². The van der Waals surface area contributed by atoms with Gasteiger partial charge in [0.05, 0.1) is 14.2 Å². The molecule has 1 heterocycles. The van der Waals surface area contributed by atoms with E-state index in [9.17, 15) is 18.0 Å². The van der Waals surface area contributed by atoms with Gasteiger partial charge >= 0.3 is 18.2 Å². The Balaban J connectivity index is 0.000000479. The van der Waals surface area contributed by atoms with Crippen LogP contribution in [0, 0.1) is 0 Å². The molecular formula is C25H29BrF3N3O5. The van der Waals surface area contributed by atoms with Gasteiger partial charge in [0, 0.05) is 27.7 Å². The van der Waals surface area contributed by atoms with Crippen molar-refractivity contribution in [2.24, 2.45) is 0 Å². The highest BCUT2D eigenvalue weighted by molar-refractivity contribution is 9.10. The quantitative estimate of drug-likeness (QED) is 0.389. The van der Waals surface area contributed by atoms with Crippen molar-refractivity contribution in [3.63, 3.8) is 0 Å². The normalized spacial score (nSPS) is 22.6. The summed E-state index contributed by atoms with van der Waals surface area (Å²) in [4.78, 5) is 21.4. The van der Waals surface area contributed by atoms with Gasteiger partial charge in [0.15, 0.2) is 11.5 Å². The van der Waals surface area contributed by atoms with Gasteiger partial charge in [0.25, 0.3) is 0 Å². The number of hydrogen-bond donors (Lipinski definition) is 4. The maximum absolute atomic E-state index is 12.5. The number of benzene rings is 2. The lowest BCUT2D eigenvalue weighted by Crippen LogP contribution is -2.52. The Morgan fingerprint density at radius 2 is 1.81 bits per heavy atom. The molecule has 0 bridgehead atoms. The first-order valence-electron chi connectivity index (χ1n) is 11.6. The number of hydrogen-bond acceptors (Lipinski definition) is 5. The summed E-state index contributed by atoms with van der Waals surface area (Å²) in [5.41, 5.74) is 2.13. The fraction of sp³-hybridized carbons (Fsp3) is 0.440. The fourth-order valence-electron chi connectivity index (χ4n) is 4.97. The van der Waals surface area contributed by atoms with Gasteiger partial charge in [-0.05, 0) is 68.1 Å². The third kappa shape index (κ3) is 7.07. The van der Waals surface area contributed by atoms with E-state index in [1.165, 1.54) is 5.56 Å². The van der Waals surface area contributed by atoms with Crippen LogP contribution < -0.4 is 25.4 Å². The number of aliphatic carboxylic acids is 1. The van der Waals surface area contributed by atoms with Crippen LogP contribution in [0.3, 0.4) is 0 Å². The topological polar surface area (TPSA) is 109 Å². The van der Waals surface area contributed by atoms with Gasteiger partial charge in [-0.2, -0.15) is 13.2 Å². The monoisotopic (exact) mass is 587 g/mol. The lowest BCUT2D eigenvalue weighted by atomic mass is 9.65. The number of carbonyl (C=O) groups is 2. The SMILES string of the molecule is COc1ccc([C@@]23CCN[C@@H]2C[C@@H](NC(=O)Nc2cccc(Br)c2)CC3)cc1OC.O=C(O)C(F)(F)F. The minimum absolute atomic E-state index is 0.0680. The summed E-state index contributed by atoms with van der Waals surface area (Å²) in [6.07, 6.45) is -1.13. The van der Waals surface area contributed by atoms with Gasteiger partial charge in [-0.25, -0.2) is 9.59 Å². The number of anilines is 1. The number of rotatable bonds is 5. The molecular weight excluding hydrogens is 559 g/mol. The summed E-state index contributed by atoms with van der Waals surface area (Å²) in [6, 6.07) is 14.2. The van der Waals surface area contributed by atoms with Crippen LogP contribution in [0.4, 0.5) is 23.7 Å². The van der Waals surface area contributed by atoms with Crippen molar-refractivity contribution < 1.29 is 37.3 Å². The van der Waals surface area contributed by atoms with E-state index in [0.717, 1.165) is 53.9 Å². The molecule has 2 aliphatic rings. The molecule has 37 heavy (non-hydrogen) atoms. The molecule has 1 aliphatic heterocycles. The van der Waals surface area contributed by atoms with Crippen LogP contribution >= 0.6 is 15.9 Å². The van der Waals surface area contributed by atoms with Crippen LogP contribution in [-0.2, 0) is 10.2 Å². The van der Waals surface area contributed by atoms with Gasteiger partial charge in [0.2, 0.25) is 0 Å². The van der Waals surface area contributed by atoms with Crippen LogP contribution in [0.15, 0.2) is 46.9 Å². The number of alkyl halides is 3. The van der Waals surface area contributed by atoms with Crippen LogP contribution in [0.1, 0.15) is 31.2 Å². The number of carbonyl (C=O) groups excluding carboxylic acids is 1. The average Bonchev–Trinajstić information content (AvgIpc) is 3.27. The van der Waals surface area contributed by atoms with Crippen molar-refractivity contribution >= 4 is 33.6 Å². The molecule has 0 aromatic heterocycles. The Labute approximate surface area is 221 Å². The van der Waals surface area contributed by atoms with Crippen molar-refractivity contribution in [1.82, 2.24) is 10.6 Å². The van der Waals surface area contributed by atoms with E-state index in [1.807, 2.05) is 30.3 Å². The van der Waals surface area contributed by atoms with Gasteiger partial charge in [0.1, 0.15) is 0 Å². The Hall–Kier alpha value is -2.99. The zero-order chi connectivity index (χ0) is 27.2. The lowest BCUT2D eigenvalue weighted by molar-refractivity contribution is -0.192. The average molecular weight is 588 g/mol. The zero-order valence-electron chi connectivity index (χ0n) is 20.3. The third-order valence-corrected chi connectivity index (χ3v) is 7.20. The number of nitrogens with one attached hydrogen (secondary N) is 3. The highest BCUT2D eigenvalue weighted by Gasteiger charge is 2.48. The molecule has 0 radical (unpaired) electrons. The Morgan fingerprint density at radius 1 is 1.11 bits per heavy atom. The summed E-state index contributed by atoms with van der Waals surface area (Å²) in [5, 5.41) is 16.9. The summed E-state index contributed by atoms with van der Waals surface area (Å²) in [7, 11) is 3.33. The predicted octanol–water partition coefficient (Wildman–Crippen LogP) is 5.07.